The van der Waals surface area contributed by atoms with Gasteiger partial charge in [0.1, 0.15) is 0 Å². The number of rotatable bonds is 1. The molecule has 0 radical (unpaired) electrons. The van der Waals surface area contributed by atoms with Gasteiger partial charge < -0.3 is 10.2 Å². The Hall–Kier alpha value is -2.70. The Morgan fingerprint density at radius 2 is 1.76 bits per heavy atom. The van der Waals surface area contributed by atoms with E-state index in [0.29, 0.717) is 5.69 Å². The fourth-order valence-corrected chi connectivity index (χ4v) is 1.58. The summed E-state index contributed by atoms with van der Waals surface area (Å²) in [4.78, 5) is 3.80. The maximum Gasteiger partial charge on any atom is 0.303 e. The second-order valence-electron chi connectivity index (χ2n) is 3.37. The predicted octanol–water partition coefficient (Wildman–Crippen LogP) is 0.573. The molecule has 0 aromatic heterocycles. The van der Waals surface area contributed by atoms with Crippen LogP contribution in [0.5, 0.6) is 11.9 Å². The number of hydrogen-bond acceptors (Lipinski definition) is 6. The van der Waals surface area contributed by atoms with Gasteiger partial charge in [-0.15, -0.1) is 10.2 Å². The minimum Gasteiger partial charge on any atom is -0.492 e. The summed E-state index contributed by atoms with van der Waals surface area (Å²) in [5, 5.41) is 30.4. The Bertz CT molecular complexity index is 637. The zero-order valence-corrected chi connectivity index (χ0v) is 8.52. The first kappa shape index (κ1) is 9.52. The van der Waals surface area contributed by atoms with E-state index in [9.17, 15) is 10.2 Å². The summed E-state index contributed by atoms with van der Waals surface area (Å²) >= 11 is 0. The molecule has 2 N–H and O–H groups in total. The van der Waals surface area contributed by atoms with Crippen molar-refractivity contribution >= 4 is 0 Å². The van der Waals surface area contributed by atoms with E-state index in [1.54, 1.807) is 24.3 Å². The van der Waals surface area contributed by atoms with Gasteiger partial charge in [-0.05, 0) is 17.3 Å². The highest BCUT2D eigenvalue weighted by atomic mass is 16.3. The SMILES string of the molecule is Oc1nc2nnnc-2c(O)n1-c1ccccc1. The molecule has 0 unspecified atom stereocenters. The van der Waals surface area contributed by atoms with Crippen molar-refractivity contribution < 1.29 is 10.2 Å². The molecule has 0 amide bonds. The summed E-state index contributed by atoms with van der Waals surface area (Å²) in [5.41, 5.74) is 0.714. The smallest absolute Gasteiger partial charge is 0.303 e. The highest BCUT2D eigenvalue weighted by molar-refractivity contribution is 5.59. The molecule has 2 aliphatic heterocycles. The monoisotopic (exact) mass is 229 g/mol. The van der Waals surface area contributed by atoms with E-state index in [1.807, 2.05) is 6.07 Å². The first-order valence-corrected chi connectivity index (χ1v) is 4.82. The van der Waals surface area contributed by atoms with Crippen molar-refractivity contribution in [2.45, 2.75) is 0 Å². The standard InChI is InChI=1S/C10H7N5O2/c16-9-7-8(13-14-12-7)11-10(17)15(9)6-4-2-1-3-5-6/h1-5,16H,(H,11,12,13,17). The van der Waals surface area contributed by atoms with Crippen LogP contribution >= 0.6 is 0 Å². The van der Waals surface area contributed by atoms with Crippen LogP contribution in [0.1, 0.15) is 0 Å². The lowest BCUT2D eigenvalue weighted by atomic mass is 10.3. The summed E-state index contributed by atoms with van der Waals surface area (Å²) in [6, 6.07) is 8.45. The molecule has 7 heteroatoms. The first-order valence-electron chi connectivity index (χ1n) is 4.82. The number of benzene rings is 1. The van der Waals surface area contributed by atoms with Gasteiger partial charge in [0.05, 0.1) is 5.69 Å². The van der Waals surface area contributed by atoms with Gasteiger partial charge in [-0.25, -0.2) is 4.57 Å². The van der Waals surface area contributed by atoms with Gasteiger partial charge in [-0.2, -0.15) is 4.98 Å². The van der Waals surface area contributed by atoms with Crippen molar-refractivity contribution in [1.29, 1.82) is 0 Å². The van der Waals surface area contributed by atoms with E-state index < -0.39 is 0 Å². The van der Waals surface area contributed by atoms with Crippen LogP contribution in [0.4, 0.5) is 0 Å². The number of aromatic hydroxyl groups is 2. The highest BCUT2D eigenvalue weighted by Crippen LogP contribution is 2.31. The number of para-hydroxylation sites is 1. The Kier molecular flexibility index (Phi) is 1.91. The molecule has 0 bridgehead atoms. The molecule has 0 fully saturated rings. The van der Waals surface area contributed by atoms with Gasteiger partial charge >= 0.3 is 6.01 Å². The maximum absolute atomic E-state index is 9.99. The van der Waals surface area contributed by atoms with E-state index in [-0.39, 0.29) is 23.4 Å². The predicted molar refractivity (Wildman–Crippen MR) is 56.9 cm³/mol. The number of hydrogen-bond donors (Lipinski definition) is 2. The molecule has 0 saturated carbocycles. The summed E-state index contributed by atoms with van der Waals surface area (Å²) in [5.74, 6) is -0.143. The van der Waals surface area contributed by atoms with Crippen LogP contribution in [-0.2, 0) is 0 Å². The van der Waals surface area contributed by atoms with E-state index in [0.717, 1.165) is 0 Å². The summed E-state index contributed by atoms with van der Waals surface area (Å²) in [7, 11) is 0. The third-order valence-corrected chi connectivity index (χ3v) is 2.34. The Labute approximate surface area is 95.3 Å². The lowest BCUT2D eigenvalue weighted by molar-refractivity contribution is 0.374. The van der Waals surface area contributed by atoms with Crippen LogP contribution in [0.2, 0.25) is 0 Å². The molecule has 1 aromatic carbocycles. The average molecular weight is 229 g/mol. The fourth-order valence-electron chi connectivity index (χ4n) is 1.58. The van der Waals surface area contributed by atoms with Gasteiger partial charge in [0.25, 0.3) is 0 Å². The minimum atomic E-state index is -0.372. The van der Waals surface area contributed by atoms with Gasteiger partial charge in [-0.1, -0.05) is 18.2 Å². The normalized spacial score (nSPS) is 10.8. The molecule has 0 atom stereocenters. The van der Waals surface area contributed by atoms with E-state index >= 15 is 0 Å². The highest BCUT2D eigenvalue weighted by Gasteiger charge is 2.21. The topological polar surface area (TPSA) is 97.0 Å². The second kappa shape index (κ2) is 3.41. The van der Waals surface area contributed by atoms with Gasteiger partial charge in [0.15, 0.2) is 5.69 Å². The lowest BCUT2D eigenvalue weighted by Gasteiger charge is -2.11. The minimum absolute atomic E-state index is 0.104. The summed E-state index contributed by atoms with van der Waals surface area (Å²) < 4.78 is 1.17. The van der Waals surface area contributed by atoms with Crippen LogP contribution in [0.3, 0.4) is 0 Å². The maximum atomic E-state index is 9.99. The Morgan fingerprint density at radius 1 is 1.00 bits per heavy atom. The molecule has 1 aromatic rings. The van der Waals surface area contributed by atoms with Gasteiger partial charge in [0, 0.05) is 0 Å². The molecular formula is C10H7N5O2. The van der Waals surface area contributed by atoms with E-state index in [4.69, 9.17) is 0 Å². The molecule has 2 heterocycles. The van der Waals surface area contributed by atoms with Crippen LogP contribution in [0.15, 0.2) is 30.3 Å². The van der Waals surface area contributed by atoms with Crippen molar-refractivity contribution in [3.63, 3.8) is 0 Å². The van der Waals surface area contributed by atoms with E-state index in [2.05, 4.69) is 20.4 Å². The zero-order valence-electron chi connectivity index (χ0n) is 8.52. The van der Waals surface area contributed by atoms with Crippen molar-refractivity contribution in [2.24, 2.45) is 0 Å². The Balaban J connectivity index is 2.34. The molecule has 0 aliphatic carbocycles. The molecular weight excluding hydrogens is 222 g/mol. The largest absolute Gasteiger partial charge is 0.492 e. The zero-order chi connectivity index (χ0) is 11.8. The van der Waals surface area contributed by atoms with Crippen molar-refractivity contribution in [3.8, 4) is 29.1 Å². The Morgan fingerprint density at radius 3 is 2.53 bits per heavy atom. The first-order chi connectivity index (χ1) is 8.27. The van der Waals surface area contributed by atoms with Crippen LogP contribution in [-0.4, -0.2) is 35.2 Å². The summed E-state index contributed by atoms with van der Waals surface area (Å²) in [6.45, 7) is 0. The molecule has 2 aliphatic rings. The average Bonchev–Trinajstić information content (AvgIpc) is 2.78. The number of nitrogens with zero attached hydrogens (tertiary/aromatic N) is 5. The van der Waals surface area contributed by atoms with Crippen molar-refractivity contribution in [1.82, 2.24) is 25.0 Å². The number of aromatic nitrogens is 5. The lowest BCUT2D eigenvalue weighted by Crippen LogP contribution is -2.02. The third kappa shape index (κ3) is 1.36. The number of fused-ring (bicyclic) bond motifs is 1. The molecule has 17 heavy (non-hydrogen) atoms. The second-order valence-corrected chi connectivity index (χ2v) is 3.37. The fraction of sp³-hybridized carbons (Fsp3) is 0. The van der Waals surface area contributed by atoms with Gasteiger partial charge in [-0.3, -0.25) is 0 Å². The summed E-state index contributed by atoms with van der Waals surface area (Å²) in [6.07, 6.45) is 0. The van der Waals surface area contributed by atoms with Crippen LogP contribution in [0, 0.1) is 0 Å². The molecule has 0 saturated heterocycles. The van der Waals surface area contributed by atoms with Crippen LogP contribution < -0.4 is 0 Å². The van der Waals surface area contributed by atoms with Crippen molar-refractivity contribution in [3.05, 3.63) is 30.3 Å². The van der Waals surface area contributed by atoms with Crippen molar-refractivity contribution in [2.75, 3.05) is 0 Å². The molecule has 7 nitrogen and oxygen atoms in total. The third-order valence-electron chi connectivity index (χ3n) is 2.34. The molecule has 3 rings (SSSR count). The van der Waals surface area contributed by atoms with Gasteiger partial charge in [0.2, 0.25) is 11.7 Å². The van der Waals surface area contributed by atoms with Crippen LogP contribution in [0.25, 0.3) is 17.2 Å². The quantitative estimate of drug-likeness (QED) is 0.633. The molecule has 0 spiro atoms. The molecule has 84 valence electrons. The van der Waals surface area contributed by atoms with E-state index in [1.165, 1.54) is 4.57 Å².